The lowest BCUT2D eigenvalue weighted by molar-refractivity contribution is -0.123. The number of ketones is 2. The van der Waals surface area contributed by atoms with E-state index in [0.29, 0.717) is 11.3 Å². The number of benzene rings is 2. The first-order valence-electron chi connectivity index (χ1n) is 9.15. The van der Waals surface area contributed by atoms with Gasteiger partial charge in [0, 0.05) is 17.4 Å². The van der Waals surface area contributed by atoms with Crippen LogP contribution in [0.3, 0.4) is 0 Å². The smallest absolute Gasteiger partial charge is 0.174 e. The van der Waals surface area contributed by atoms with Crippen LogP contribution in [-0.4, -0.2) is 16.6 Å². The molecule has 1 unspecified atom stereocenters. The predicted octanol–water partition coefficient (Wildman–Crippen LogP) is 4.87. The van der Waals surface area contributed by atoms with E-state index in [1.54, 1.807) is 6.08 Å². The highest BCUT2D eigenvalue weighted by Crippen LogP contribution is 2.36. The standard InChI is InChI=1S/C24H21NO2/c1-14-10-15(2)22(16(3)11-14)23-21(26)13-18(24(23)27)12-19-9-8-17-6-4-5-7-20(17)25-19/h4-12,23H,13H2,1-3H3/b18-12+. The number of rotatable bonds is 2. The molecule has 1 saturated carbocycles. The second-order valence-electron chi connectivity index (χ2n) is 7.35. The van der Waals surface area contributed by atoms with Crippen LogP contribution in [0.4, 0.5) is 0 Å². The molecule has 0 saturated heterocycles. The van der Waals surface area contributed by atoms with Gasteiger partial charge in [-0.1, -0.05) is 42.0 Å². The SMILES string of the molecule is Cc1cc(C)c(C2C(=O)C/C(=C\c3ccc4ccccc4n3)C2=O)c(C)c1. The van der Waals surface area contributed by atoms with E-state index in [0.717, 1.165) is 33.2 Å². The molecule has 1 aromatic heterocycles. The molecule has 1 aliphatic carbocycles. The summed E-state index contributed by atoms with van der Waals surface area (Å²) >= 11 is 0. The second kappa shape index (κ2) is 6.58. The van der Waals surface area contributed by atoms with E-state index in [-0.39, 0.29) is 18.0 Å². The third-order valence-electron chi connectivity index (χ3n) is 5.23. The molecule has 134 valence electrons. The lowest BCUT2D eigenvalue weighted by Gasteiger charge is -2.15. The van der Waals surface area contributed by atoms with E-state index in [1.807, 2.05) is 69.3 Å². The van der Waals surface area contributed by atoms with Gasteiger partial charge in [-0.3, -0.25) is 9.59 Å². The Morgan fingerprint density at radius 2 is 1.67 bits per heavy atom. The van der Waals surface area contributed by atoms with Crippen molar-refractivity contribution in [1.82, 2.24) is 4.98 Å². The number of aromatic nitrogens is 1. The molecular weight excluding hydrogens is 334 g/mol. The minimum Gasteiger partial charge on any atom is -0.298 e. The summed E-state index contributed by atoms with van der Waals surface area (Å²) < 4.78 is 0. The number of Topliss-reactive ketones (excluding diaryl/α,β-unsaturated/α-hetero) is 2. The van der Waals surface area contributed by atoms with Crippen molar-refractivity contribution in [2.75, 3.05) is 0 Å². The highest BCUT2D eigenvalue weighted by atomic mass is 16.2. The number of carbonyl (C=O) groups excluding carboxylic acids is 2. The fourth-order valence-corrected chi connectivity index (χ4v) is 4.11. The summed E-state index contributed by atoms with van der Waals surface area (Å²) in [6.45, 7) is 5.98. The van der Waals surface area contributed by atoms with Crippen LogP contribution in [0.25, 0.3) is 17.0 Å². The Kier molecular flexibility index (Phi) is 4.23. The van der Waals surface area contributed by atoms with Crippen LogP contribution < -0.4 is 0 Å². The highest BCUT2D eigenvalue weighted by molar-refractivity contribution is 6.24. The zero-order valence-electron chi connectivity index (χ0n) is 15.7. The fourth-order valence-electron chi connectivity index (χ4n) is 4.11. The predicted molar refractivity (Wildman–Crippen MR) is 108 cm³/mol. The lowest BCUT2D eigenvalue weighted by Crippen LogP contribution is -2.15. The third kappa shape index (κ3) is 3.10. The topological polar surface area (TPSA) is 47.0 Å². The minimum absolute atomic E-state index is 0.0258. The van der Waals surface area contributed by atoms with Gasteiger partial charge in [0.15, 0.2) is 11.6 Å². The summed E-state index contributed by atoms with van der Waals surface area (Å²) in [5.41, 5.74) is 6.15. The minimum atomic E-state index is -0.683. The first-order chi connectivity index (χ1) is 12.9. The van der Waals surface area contributed by atoms with E-state index in [2.05, 4.69) is 4.98 Å². The maximum absolute atomic E-state index is 13.1. The maximum Gasteiger partial charge on any atom is 0.174 e. The largest absolute Gasteiger partial charge is 0.298 e. The number of hydrogen-bond acceptors (Lipinski definition) is 3. The lowest BCUT2D eigenvalue weighted by atomic mass is 9.87. The molecule has 0 aliphatic heterocycles. The van der Waals surface area contributed by atoms with E-state index in [1.165, 1.54) is 0 Å². The molecule has 3 aromatic rings. The van der Waals surface area contributed by atoms with E-state index < -0.39 is 5.92 Å². The van der Waals surface area contributed by atoms with Crippen LogP contribution in [-0.2, 0) is 9.59 Å². The molecule has 4 rings (SSSR count). The Bertz CT molecular complexity index is 1100. The van der Waals surface area contributed by atoms with Gasteiger partial charge in [-0.05, 0) is 55.7 Å². The number of hydrogen-bond donors (Lipinski definition) is 0. The quantitative estimate of drug-likeness (QED) is 0.487. The van der Waals surface area contributed by atoms with Gasteiger partial charge in [-0.2, -0.15) is 0 Å². The van der Waals surface area contributed by atoms with Crippen molar-refractivity contribution in [3.05, 3.63) is 82.1 Å². The molecular formula is C24H21NO2. The second-order valence-corrected chi connectivity index (χ2v) is 7.35. The Labute approximate surface area is 158 Å². The van der Waals surface area contributed by atoms with Gasteiger partial charge in [0.25, 0.3) is 0 Å². The summed E-state index contributed by atoms with van der Waals surface area (Å²) in [4.78, 5) is 30.4. The van der Waals surface area contributed by atoms with Crippen LogP contribution in [0.5, 0.6) is 0 Å². The van der Waals surface area contributed by atoms with Crippen LogP contribution in [0.1, 0.15) is 40.3 Å². The highest BCUT2D eigenvalue weighted by Gasteiger charge is 2.39. The molecule has 1 aliphatic rings. The summed E-state index contributed by atoms with van der Waals surface area (Å²) in [5.74, 6) is -0.801. The van der Waals surface area contributed by atoms with Gasteiger partial charge in [0.05, 0.1) is 11.2 Å². The average molecular weight is 355 g/mol. The number of carbonyl (C=O) groups is 2. The van der Waals surface area contributed by atoms with Crippen molar-refractivity contribution in [3.8, 4) is 0 Å². The van der Waals surface area contributed by atoms with Gasteiger partial charge >= 0.3 is 0 Å². The Morgan fingerprint density at radius 3 is 2.41 bits per heavy atom. The maximum atomic E-state index is 13.1. The number of aryl methyl sites for hydroxylation is 3. The third-order valence-corrected chi connectivity index (χ3v) is 5.23. The van der Waals surface area contributed by atoms with Crippen LogP contribution in [0.2, 0.25) is 0 Å². The monoisotopic (exact) mass is 355 g/mol. The summed E-state index contributed by atoms with van der Waals surface area (Å²) in [6.07, 6.45) is 1.94. The molecule has 2 aromatic carbocycles. The molecule has 1 atom stereocenters. The molecule has 3 nitrogen and oxygen atoms in total. The van der Waals surface area contributed by atoms with Gasteiger partial charge < -0.3 is 0 Å². The van der Waals surface area contributed by atoms with E-state index >= 15 is 0 Å². The number of allylic oxidation sites excluding steroid dienone is 1. The van der Waals surface area contributed by atoms with Crippen LogP contribution in [0, 0.1) is 20.8 Å². The van der Waals surface area contributed by atoms with Crippen molar-refractivity contribution < 1.29 is 9.59 Å². The van der Waals surface area contributed by atoms with Crippen LogP contribution in [0.15, 0.2) is 54.1 Å². The van der Waals surface area contributed by atoms with Crippen LogP contribution >= 0.6 is 0 Å². The number of fused-ring (bicyclic) bond motifs is 1. The molecule has 1 fully saturated rings. The normalized spacial score (nSPS) is 18.6. The van der Waals surface area contributed by atoms with Gasteiger partial charge in [0.2, 0.25) is 0 Å². The number of nitrogens with zero attached hydrogens (tertiary/aromatic N) is 1. The summed E-state index contributed by atoms with van der Waals surface area (Å²) in [7, 11) is 0. The molecule has 0 bridgehead atoms. The summed E-state index contributed by atoms with van der Waals surface area (Å²) in [5, 5.41) is 1.05. The Hall–Kier alpha value is -3.07. The number of pyridine rings is 1. The molecule has 27 heavy (non-hydrogen) atoms. The van der Waals surface area contributed by atoms with Gasteiger partial charge in [-0.25, -0.2) is 4.98 Å². The number of para-hydroxylation sites is 1. The first-order valence-corrected chi connectivity index (χ1v) is 9.15. The van der Waals surface area contributed by atoms with Crippen molar-refractivity contribution >= 4 is 28.5 Å². The van der Waals surface area contributed by atoms with Crippen molar-refractivity contribution in [1.29, 1.82) is 0 Å². The molecule has 0 radical (unpaired) electrons. The zero-order chi connectivity index (χ0) is 19.1. The van der Waals surface area contributed by atoms with E-state index in [4.69, 9.17) is 0 Å². The van der Waals surface area contributed by atoms with Gasteiger partial charge in [0.1, 0.15) is 5.92 Å². The van der Waals surface area contributed by atoms with Crippen molar-refractivity contribution in [2.45, 2.75) is 33.1 Å². The fraction of sp³-hybridized carbons (Fsp3) is 0.208. The van der Waals surface area contributed by atoms with Gasteiger partial charge in [-0.15, -0.1) is 0 Å². The Balaban J connectivity index is 1.73. The molecule has 3 heteroatoms. The molecule has 0 N–H and O–H groups in total. The molecule has 0 spiro atoms. The Morgan fingerprint density at radius 1 is 0.963 bits per heavy atom. The average Bonchev–Trinajstić information content (AvgIpc) is 2.88. The van der Waals surface area contributed by atoms with Crippen molar-refractivity contribution in [2.24, 2.45) is 0 Å². The first kappa shape index (κ1) is 17.3. The van der Waals surface area contributed by atoms with Crippen molar-refractivity contribution in [3.63, 3.8) is 0 Å². The molecule has 1 heterocycles. The summed E-state index contributed by atoms with van der Waals surface area (Å²) in [6, 6.07) is 15.8. The molecule has 0 amide bonds. The van der Waals surface area contributed by atoms with E-state index in [9.17, 15) is 9.59 Å². The zero-order valence-corrected chi connectivity index (χ0v) is 15.7.